The van der Waals surface area contributed by atoms with E-state index in [0.717, 1.165) is 11.4 Å². The second-order valence-corrected chi connectivity index (χ2v) is 5.34. The third-order valence-corrected chi connectivity index (χ3v) is 3.66. The van der Waals surface area contributed by atoms with Crippen LogP contribution < -0.4 is 5.32 Å². The van der Waals surface area contributed by atoms with E-state index < -0.39 is 0 Å². The number of halogens is 1. The lowest BCUT2D eigenvalue weighted by molar-refractivity contribution is -0.135. The van der Waals surface area contributed by atoms with Gasteiger partial charge in [0.2, 0.25) is 5.91 Å². The minimum Gasteiger partial charge on any atom is -0.379 e. The molecule has 1 aromatic carbocycles. The zero-order valence-corrected chi connectivity index (χ0v) is 12.1. The highest BCUT2D eigenvalue weighted by molar-refractivity contribution is 5.77. The molecule has 2 heterocycles. The Bertz CT molecular complexity index is 626. The third kappa shape index (κ3) is 3.58. The predicted octanol–water partition coefficient (Wildman–Crippen LogP) is 1.87. The number of aryl methyl sites for hydroxylation is 1. The van der Waals surface area contributed by atoms with E-state index in [9.17, 15) is 9.18 Å². The maximum Gasteiger partial charge on any atom is 0.223 e. The van der Waals surface area contributed by atoms with Gasteiger partial charge >= 0.3 is 0 Å². The van der Waals surface area contributed by atoms with Gasteiger partial charge in [-0.2, -0.15) is 0 Å². The van der Waals surface area contributed by atoms with E-state index in [2.05, 4.69) is 15.3 Å². The maximum absolute atomic E-state index is 12.8. The zero-order chi connectivity index (χ0) is 15.4. The van der Waals surface area contributed by atoms with Crippen molar-refractivity contribution in [3.05, 3.63) is 54.4 Å². The van der Waals surface area contributed by atoms with Gasteiger partial charge in [0.25, 0.3) is 0 Å². The molecule has 1 aliphatic heterocycles. The van der Waals surface area contributed by atoms with E-state index in [4.69, 9.17) is 0 Å². The van der Waals surface area contributed by atoms with Gasteiger partial charge in [-0.25, -0.2) is 4.39 Å². The number of amides is 1. The molecule has 5 nitrogen and oxygen atoms in total. The molecule has 3 rings (SSSR count). The topological polar surface area (TPSA) is 58.1 Å². The van der Waals surface area contributed by atoms with Crippen LogP contribution in [0.4, 0.5) is 10.1 Å². The monoisotopic (exact) mass is 300 g/mol. The highest BCUT2D eigenvalue weighted by Crippen LogP contribution is 2.17. The molecule has 0 spiro atoms. The number of hydrogen-bond acceptors (Lipinski definition) is 4. The Morgan fingerprint density at radius 3 is 2.73 bits per heavy atom. The standard InChI is InChI=1S/C16H17FN4O/c17-12-1-3-13(4-2-12)20-15-10-21(11-15)16(22)6-5-14-9-18-7-8-19-14/h1-4,7-9,15,20H,5-6,10-11H2. The van der Waals surface area contributed by atoms with Crippen LogP contribution in [0.3, 0.4) is 0 Å². The Hall–Kier alpha value is -2.50. The van der Waals surface area contributed by atoms with Gasteiger partial charge in [0, 0.05) is 43.8 Å². The summed E-state index contributed by atoms with van der Waals surface area (Å²) in [7, 11) is 0. The maximum atomic E-state index is 12.8. The molecule has 0 saturated carbocycles. The summed E-state index contributed by atoms with van der Waals surface area (Å²) in [5, 5.41) is 3.28. The fraction of sp³-hybridized carbons (Fsp3) is 0.312. The van der Waals surface area contributed by atoms with E-state index in [1.165, 1.54) is 12.1 Å². The van der Waals surface area contributed by atoms with Crippen LogP contribution in [0.25, 0.3) is 0 Å². The second-order valence-electron chi connectivity index (χ2n) is 5.34. The summed E-state index contributed by atoms with van der Waals surface area (Å²) in [6.45, 7) is 1.35. The first-order valence-corrected chi connectivity index (χ1v) is 7.25. The van der Waals surface area contributed by atoms with Gasteiger partial charge < -0.3 is 10.2 Å². The predicted molar refractivity (Wildman–Crippen MR) is 80.7 cm³/mol. The number of likely N-dealkylation sites (tertiary alicyclic amines) is 1. The summed E-state index contributed by atoms with van der Waals surface area (Å²) in [5.74, 6) is -0.122. The van der Waals surface area contributed by atoms with E-state index in [1.54, 1.807) is 30.7 Å². The van der Waals surface area contributed by atoms with Gasteiger partial charge in [0.1, 0.15) is 5.82 Å². The molecule has 0 aliphatic carbocycles. The van der Waals surface area contributed by atoms with Crippen molar-refractivity contribution in [2.24, 2.45) is 0 Å². The smallest absolute Gasteiger partial charge is 0.223 e. The molecule has 1 amide bonds. The van der Waals surface area contributed by atoms with Crippen LogP contribution in [-0.4, -0.2) is 39.9 Å². The number of nitrogens with zero attached hydrogens (tertiary/aromatic N) is 3. The number of nitrogens with one attached hydrogen (secondary N) is 1. The molecule has 22 heavy (non-hydrogen) atoms. The SMILES string of the molecule is O=C(CCc1cnccn1)N1CC(Nc2ccc(F)cc2)C1. The molecule has 0 atom stereocenters. The lowest BCUT2D eigenvalue weighted by Crippen LogP contribution is -2.57. The van der Waals surface area contributed by atoms with E-state index in [0.29, 0.717) is 25.9 Å². The van der Waals surface area contributed by atoms with Gasteiger partial charge in [-0.05, 0) is 30.7 Å². The molecule has 114 valence electrons. The Morgan fingerprint density at radius 2 is 2.05 bits per heavy atom. The average Bonchev–Trinajstić information content (AvgIpc) is 2.51. The number of aromatic nitrogens is 2. The van der Waals surface area contributed by atoms with Gasteiger partial charge in [-0.1, -0.05) is 0 Å². The Labute approximate surface area is 128 Å². The first-order valence-electron chi connectivity index (χ1n) is 7.25. The van der Waals surface area contributed by atoms with Crippen molar-refractivity contribution in [3.8, 4) is 0 Å². The lowest BCUT2D eigenvalue weighted by atomic mass is 10.1. The summed E-state index contributed by atoms with van der Waals surface area (Å²) in [4.78, 5) is 22.0. The Morgan fingerprint density at radius 1 is 1.27 bits per heavy atom. The quantitative estimate of drug-likeness (QED) is 0.916. The fourth-order valence-corrected chi connectivity index (χ4v) is 2.41. The minimum absolute atomic E-state index is 0.128. The van der Waals surface area contributed by atoms with E-state index in [1.807, 2.05) is 4.90 Å². The van der Waals surface area contributed by atoms with Crippen molar-refractivity contribution in [1.29, 1.82) is 0 Å². The molecule has 1 aromatic heterocycles. The van der Waals surface area contributed by atoms with Crippen LogP contribution in [0.15, 0.2) is 42.9 Å². The van der Waals surface area contributed by atoms with Crippen molar-refractivity contribution >= 4 is 11.6 Å². The molecular weight excluding hydrogens is 283 g/mol. The molecule has 1 aliphatic rings. The van der Waals surface area contributed by atoms with Gasteiger partial charge in [-0.15, -0.1) is 0 Å². The molecule has 1 fully saturated rings. The minimum atomic E-state index is -0.250. The molecule has 0 unspecified atom stereocenters. The fourth-order valence-electron chi connectivity index (χ4n) is 2.41. The number of carbonyl (C=O) groups excluding carboxylic acids is 1. The highest BCUT2D eigenvalue weighted by atomic mass is 19.1. The van der Waals surface area contributed by atoms with Crippen LogP contribution in [0, 0.1) is 5.82 Å². The lowest BCUT2D eigenvalue weighted by Gasteiger charge is -2.40. The van der Waals surface area contributed by atoms with Crippen LogP contribution in [0.2, 0.25) is 0 Å². The highest BCUT2D eigenvalue weighted by Gasteiger charge is 2.30. The zero-order valence-electron chi connectivity index (χ0n) is 12.1. The molecule has 0 radical (unpaired) electrons. The van der Waals surface area contributed by atoms with Crippen LogP contribution in [0.5, 0.6) is 0 Å². The summed E-state index contributed by atoms with van der Waals surface area (Å²) in [5.41, 5.74) is 1.70. The third-order valence-electron chi connectivity index (χ3n) is 3.66. The van der Waals surface area contributed by atoms with Gasteiger partial charge in [-0.3, -0.25) is 14.8 Å². The summed E-state index contributed by atoms with van der Waals surface area (Å²) in [6, 6.07) is 6.48. The molecule has 0 bridgehead atoms. The van der Waals surface area contributed by atoms with Crippen molar-refractivity contribution in [1.82, 2.24) is 14.9 Å². The first kappa shape index (κ1) is 14.4. The molecule has 6 heteroatoms. The first-order chi connectivity index (χ1) is 10.7. The molecule has 1 saturated heterocycles. The van der Waals surface area contributed by atoms with Crippen LogP contribution in [0.1, 0.15) is 12.1 Å². The van der Waals surface area contributed by atoms with Crippen molar-refractivity contribution in [3.63, 3.8) is 0 Å². The Balaban J connectivity index is 1.41. The van der Waals surface area contributed by atoms with Crippen molar-refractivity contribution in [2.45, 2.75) is 18.9 Å². The van der Waals surface area contributed by atoms with Crippen LogP contribution in [-0.2, 0) is 11.2 Å². The van der Waals surface area contributed by atoms with Crippen molar-refractivity contribution in [2.75, 3.05) is 18.4 Å². The van der Waals surface area contributed by atoms with Crippen molar-refractivity contribution < 1.29 is 9.18 Å². The summed E-state index contributed by atoms with van der Waals surface area (Å²) in [6.07, 6.45) is 5.99. The second kappa shape index (κ2) is 6.51. The number of hydrogen-bond donors (Lipinski definition) is 1. The number of anilines is 1. The van der Waals surface area contributed by atoms with Gasteiger partial charge in [0.15, 0.2) is 0 Å². The number of carbonyl (C=O) groups is 1. The Kier molecular flexibility index (Phi) is 4.27. The average molecular weight is 300 g/mol. The molecular formula is C16H17FN4O. The molecule has 1 N–H and O–H groups in total. The summed E-state index contributed by atoms with van der Waals surface area (Å²) < 4.78 is 12.8. The number of benzene rings is 1. The summed E-state index contributed by atoms with van der Waals surface area (Å²) >= 11 is 0. The largest absolute Gasteiger partial charge is 0.379 e. The van der Waals surface area contributed by atoms with E-state index >= 15 is 0 Å². The van der Waals surface area contributed by atoms with Gasteiger partial charge in [0.05, 0.1) is 11.7 Å². The normalized spacial score (nSPS) is 14.5. The van der Waals surface area contributed by atoms with Crippen LogP contribution >= 0.6 is 0 Å². The van der Waals surface area contributed by atoms with E-state index in [-0.39, 0.29) is 17.8 Å². The molecule has 2 aromatic rings. The number of rotatable bonds is 5.